The summed E-state index contributed by atoms with van der Waals surface area (Å²) in [5.74, 6) is 0. The molecule has 0 amide bonds. The molecule has 0 atom stereocenters. The van der Waals surface area contributed by atoms with Gasteiger partial charge in [0.1, 0.15) is 0 Å². The van der Waals surface area contributed by atoms with E-state index in [1.54, 1.807) is 0 Å². The molecule has 0 fully saturated rings. The first kappa shape index (κ1) is 11.1. The van der Waals surface area contributed by atoms with E-state index in [1.807, 2.05) is 11.6 Å². The van der Waals surface area contributed by atoms with Crippen LogP contribution in [0.2, 0.25) is 0 Å². The van der Waals surface area contributed by atoms with Crippen molar-refractivity contribution in [3.05, 3.63) is 21.6 Å². The van der Waals surface area contributed by atoms with Crippen LogP contribution in [0.4, 0.5) is 0 Å². The van der Waals surface area contributed by atoms with Gasteiger partial charge in [0.15, 0.2) is 0 Å². The maximum absolute atomic E-state index is 11.7. The van der Waals surface area contributed by atoms with Gasteiger partial charge in [-0.1, -0.05) is 27.7 Å². The zero-order valence-electron chi connectivity index (χ0n) is 9.77. The van der Waals surface area contributed by atoms with Crippen LogP contribution in [0.5, 0.6) is 0 Å². The van der Waals surface area contributed by atoms with Crippen molar-refractivity contribution in [3.8, 4) is 0 Å². The Bertz CT molecular complexity index is 366. The van der Waals surface area contributed by atoms with Crippen molar-refractivity contribution in [3.63, 3.8) is 0 Å². The minimum absolute atomic E-state index is 0.0588. The number of aromatic amines is 1. The lowest BCUT2D eigenvalue weighted by atomic mass is 9.87. The van der Waals surface area contributed by atoms with Crippen LogP contribution in [0.25, 0.3) is 0 Å². The molecule has 3 nitrogen and oxygen atoms in total. The second-order valence-corrected chi connectivity index (χ2v) is 4.80. The van der Waals surface area contributed by atoms with Crippen molar-refractivity contribution in [2.75, 3.05) is 0 Å². The largest absolute Gasteiger partial charge is 0.289 e. The monoisotopic (exact) mass is 196 g/mol. The van der Waals surface area contributed by atoms with Crippen molar-refractivity contribution in [1.82, 2.24) is 9.78 Å². The van der Waals surface area contributed by atoms with Crippen molar-refractivity contribution in [2.45, 2.75) is 53.0 Å². The molecule has 0 bridgehead atoms. The highest BCUT2D eigenvalue weighted by molar-refractivity contribution is 5.24. The minimum atomic E-state index is -0.0728. The van der Waals surface area contributed by atoms with E-state index in [-0.39, 0.29) is 11.0 Å². The third-order valence-electron chi connectivity index (χ3n) is 2.43. The molecular weight excluding hydrogens is 176 g/mol. The predicted octanol–water partition coefficient (Wildman–Crippen LogP) is 2.19. The summed E-state index contributed by atoms with van der Waals surface area (Å²) in [5.41, 5.74) is 1.97. The van der Waals surface area contributed by atoms with Crippen LogP contribution >= 0.6 is 0 Å². The molecule has 0 aliphatic heterocycles. The summed E-state index contributed by atoms with van der Waals surface area (Å²) in [6, 6.07) is 0. The summed E-state index contributed by atoms with van der Waals surface area (Å²) in [7, 11) is 0. The molecule has 80 valence electrons. The number of H-pyrrole nitrogens is 1. The second kappa shape index (κ2) is 3.64. The number of rotatable bonds is 2. The fourth-order valence-corrected chi connectivity index (χ4v) is 1.89. The van der Waals surface area contributed by atoms with E-state index < -0.39 is 0 Å². The van der Waals surface area contributed by atoms with E-state index in [2.05, 4.69) is 32.8 Å². The zero-order valence-corrected chi connectivity index (χ0v) is 9.77. The predicted molar refractivity (Wildman–Crippen MR) is 58.8 cm³/mol. The van der Waals surface area contributed by atoms with Gasteiger partial charge in [0, 0.05) is 17.8 Å². The van der Waals surface area contributed by atoms with Crippen LogP contribution in [-0.2, 0) is 12.0 Å². The lowest BCUT2D eigenvalue weighted by Gasteiger charge is -2.17. The van der Waals surface area contributed by atoms with Gasteiger partial charge in [-0.2, -0.15) is 0 Å². The van der Waals surface area contributed by atoms with Crippen molar-refractivity contribution in [1.29, 1.82) is 0 Å². The number of aryl methyl sites for hydroxylation is 1. The van der Waals surface area contributed by atoms with E-state index in [0.29, 0.717) is 0 Å². The normalized spacial score (nSPS) is 12.1. The molecule has 0 saturated carbocycles. The summed E-state index contributed by atoms with van der Waals surface area (Å²) >= 11 is 0. The Morgan fingerprint density at radius 1 is 1.36 bits per heavy atom. The van der Waals surface area contributed by atoms with Crippen LogP contribution in [0.3, 0.4) is 0 Å². The van der Waals surface area contributed by atoms with Gasteiger partial charge in [-0.05, 0) is 18.8 Å². The van der Waals surface area contributed by atoms with E-state index in [4.69, 9.17) is 0 Å². The summed E-state index contributed by atoms with van der Waals surface area (Å²) in [5, 5.41) is 2.88. The quantitative estimate of drug-likeness (QED) is 0.773. The molecule has 1 N–H and O–H groups in total. The molecule has 0 saturated heterocycles. The molecule has 1 heterocycles. The van der Waals surface area contributed by atoms with Gasteiger partial charge in [-0.3, -0.25) is 14.6 Å². The molecule has 3 heteroatoms. The maximum atomic E-state index is 11.7. The molecule has 1 rings (SSSR count). The standard InChI is InChI=1S/C11H20N2O/c1-6-7-13-8(2)9(10(14)12-13)11(3,4)5/h6-7H2,1-5H3,(H,12,14). The van der Waals surface area contributed by atoms with Gasteiger partial charge in [-0.25, -0.2) is 0 Å². The second-order valence-electron chi connectivity index (χ2n) is 4.80. The Balaban J connectivity index is 3.25. The van der Waals surface area contributed by atoms with Crippen LogP contribution in [-0.4, -0.2) is 9.78 Å². The summed E-state index contributed by atoms with van der Waals surface area (Å²) in [6.07, 6.45) is 1.04. The average molecular weight is 196 g/mol. The van der Waals surface area contributed by atoms with Crippen LogP contribution in [0.15, 0.2) is 4.79 Å². The molecule has 0 aliphatic carbocycles. The van der Waals surface area contributed by atoms with E-state index in [1.165, 1.54) is 0 Å². The summed E-state index contributed by atoms with van der Waals surface area (Å²) in [6.45, 7) is 11.2. The molecule has 1 aromatic heterocycles. The Morgan fingerprint density at radius 3 is 2.29 bits per heavy atom. The van der Waals surface area contributed by atoms with Crippen molar-refractivity contribution >= 4 is 0 Å². The first-order valence-electron chi connectivity index (χ1n) is 5.17. The lowest BCUT2D eigenvalue weighted by molar-refractivity contribution is 0.563. The lowest BCUT2D eigenvalue weighted by Crippen LogP contribution is -2.21. The van der Waals surface area contributed by atoms with Gasteiger partial charge in [0.2, 0.25) is 0 Å². The van der Waals surface area contributed by atoms with Crippen molar-refractivity contribution in [2.24, 2.45) is 0 Å². The Kier molecular flexibility index (Phi) is 2.88. The average Bonchev–Trinajstić information content (AvgIpc) is 2.26. The molecule has 0 spiro atoms. The van der Waals surface area contributed by atoms with Gasteiger partial charge >= 0.3 is 0 Å². The first-order valence-corrected chi connectivity index (χ1v) is 5.17. The molecule has 0 unspecified atom stereocenters. The highest BCUT2D eigenvalue weighted by Gasteiger charge is 2.23. The Morgan fingerprint density at radius 2 is 1.93 bits per heavy atom. The Hall–Kier alpha value is -0.990. The van der Waals surface area contributed by atoms with E-state index in [9.17, 15) is 4.79 Å². The highest BCUT2D eigenvalue weighted by Crippen LogP contribution is 2.21. The van der Waals surface area contributed by atoms with Crippen LogP contribution < -0.4 is 5.56 Å². The smallest absolute Gasteiger partial charge is 0.268 e. The van der Waals surface area contributed by atoms with Gasteiger partial charge in [0.05, 0.1) is 0 Å². The molecule has 0 aromatic carbocycles. The number of hydrogen-bond acceptors (Lipinski definition) is 1. The molecule has 0 radical (unpaired) electrons. The van der Waals surface area contributed by atoms with Gasteiger partial charge < -0.3 is 0 Å². The highest BCUT2D eigenvalue weighted by atomic mass is 16.1. The fourth-order valence-electron chi connectivity index (χ4n) is 1.89. The molecular formula is C11H20N2O. The zero-order chi connectivity index (χ0) is 10.9. The summed E-state index contributed by atoms with van der Waals surface area (Å²) < 4.78 is 1.95. The van der Waals surface area contributed by atoms with E-state index in [0.717, 1.165) is 24.2 Å². The van der Waals surface area contributed by atoms with Gasteiger partial charge in [-0.15, -0.1) is 0 Å². The SMILES string of the molecule is CCCn1[nH]c(=O)c(C(C)(C)C)c1C. The van der Waals surface area contributed by atoms with E-state index >= 15 is 0 Å². The van der Waals surface area contributed by atoms with Crippen LogP contribution in [0, 0.1) is 6.92 Å². The topological polar surface area (TPSA) is 37.8 Å². The fraction of sp³-hybridized carbons (Fsp3) is 0.727. The molecule has 0 aliphatic rings. The molecule has 1 aromatic rings. The number of nitrogens with zero attached hydrogens (tertiary/aromatic N) is 1. The van der Waals surface area contributed by atoms with Crippen molar-refractivity contribution < 1.29 is 0 Å². The van der Waals surface area contributed by atoms with Gasteiger partial charge in [0.25, 0.3) is 5.56 Å². The molecule has 14 heavy (non-hydrogen) atoms. The number of hydrogen-bond donors (Lipinski definition) is 1. The summed E-state index contributed by atoms with van der Waals surface area (Å²) in [4.78, 5) is 11.7. The Labute approximate surface area is 85.1 Å². The maximum Gasteiger partial charge on any atom is 0.268 e. The third kappa shape index (κ3) is 1.91. The first-order chi connectivity index (χ1) is 6.38. The minimum Gasteiger partial charge on any atom is -0.289 e. The number of aromatic nitrogens is 2. The third-order valence-corrected chi connectivity index (χ3v) is 2.43. The number of nitrogens with one attached hydrogen (secondary N) is 1. The van der Waals surface area contributed by atoms with Crippen LogP contribution in [0.1, 0.15) is 45.4 Å².